The quantitative estimate of drug-likeness (QED) is 0.243. The first-order valence-corrected chi connectivity index (χ1v) is 14.4. The van der Waals surface area contributed by atoms with Gasteiger partial charge in [0.25, 0.3) is 0 Å². The van der Waals surface area contributed by atoms with E-state index >= 15 is 0 Å². The molecule has 0 spiro atoms. The van der Waals surface area contributed by atoms with Gasteiger partial charge in [0.2, 0.25) is 0 Å². The van der Waals surface area contributed by atoms with Crippen molar-refractivity contribution in [1.82, 2.24) is 0 Å². The number of ketones is 1. The van der Waals surface area contributed by atoms with Crippen molar-refractivity contribution in [2.45, 2.75) is 116 Å². The van der Waals surface area contributed by atoms with Crippen molar-refractivity contribution >= 4 is 14.1 Å². The molecule has 2 aliphatic carbocycles. The Kier molecular flexibility index (Phi) is 9.62. The van der Waals surface area contributed by atoms with E-state index < -0.39 is 14.4 Å². The number of hydrogen-bond donors (Lipinski definition) is 1. The van der Waals surface area contributed by atoms with Gasteiger partial charge in [-0.3, -0.25) is 4.79 Å². The van der Waals surface area contributed by atoms with Crippen LogP contribution in [0.1, 0.15) is 92.9 Å². The Bertz CT molecular complexity index is 512. The third-order valence-corrected chi connectivity index (χ3v) is 13.9. The zero-order valence-corrected chi connectivity index (χ0v) is 20.8. The fraction of sp³-hybridized carbons (Fsp3) is 0.880. The third kappa shape index (κ3) is 5.83. The molecule has 3 unspecified atom stereocenters. The molecule has 0 radical (unpaired) electrons. The summed E-state index contributed by atoms with van der Waals surface area (Å²) in [6.45, 7) is 14.7. The monoisotopic (exact) mass is 422 g/mol. The van der Waals surface area contributed by atoms with E-state index in [0.29, 0.717) is 29.0 Å². The van der Waals surface area contributed by atoms with Gasteiger partial charge in [-0.25, -0.2) is 0 Å². The molecular formula is C25H46O3Si. The second-order valence-corrected chi connectivity index (χ2v) is 15.9. The van der Waals surface area contributed by atoms with Crippen LogP contribution in [0.15, 0.2) is 12.2 Å². The number of aliphatic hydroxyl groups excluding tert-OH is 1. The van der Waals surface area contributed by atoms with Crippen LogP contribution in [0.2, 0.25) is 16.6 Å². The van der Waals surface area contributed by atoms with Gasteiger partial charge in [-0.15, -0.1) is 0 Å². The van der Waals surface area contributed by atoms with Crippen molar-refractivity contribution in [3.63, 3.8) is 0 Å². The zero-order valence-electron chi connectivity index (χ0n) is 19.8. The molecule has 3 nitrogen and oxygen atoms in total. The highest BCUT2D eigenvalue weighted by molar-refractivity contribution is 6.77. The lowest BCUT2D eigenvalue weighted by Gasteiger charge is -2.42. The molecule has 2 rings (SSSR count). The lowest BCUT2D eigenvalue weighted by molar-refractivity contribution is -0.126. The Hall–Kier alpha value is -0.453. The van der Waals surface area contributed by atoms with Crippen molar-refractivity contribution in [2.24, 2.45) is 17.8 Å². The molecule has 0 aliphatic heterocycles. The van der Waals surface area contributed by atoms with Crippen LogP contribution in [0.3, 0.4) is 0 Å². The molecule has 29 heavy (non-hydrogen) atoms. The van der Waals surface area contributed by atoms with Gasteiger partial charge in [-0.05, 0) is 54.1 Å². The highest BCUT2D eigenvalue weighted by atomic mass is 28.4. The second kappa shape index (κ2) is 11.2. The van der Waals surface area contributed by atoms with Crippen molar-refractivity contribution in [2.75, 3.05) is 6.61 Å². The van der Waals surface area contributed by atoms with Crippen LogP contribution in [0.5, 0.6) is 0 Å². The predicted octanol–water partition coefficient (Wildman–Crippen LogP) is 6.66. The second-order valence-electron chi connectivity index (χ2n) is 10.5. The highest BCUT2D eigenvalue weighted by Crippen LogP contribution is 2.42. The summed E-state index contributed by atoms with van der Waals surface area (Å²) in [6, 6.07) is 0. The third-order valence-electron chi connectivity index (χ3n) is 7.78. The summed E-state index contributed by atoms with van der Waals surface area (Å²) in [4.78, 5) is 12.5. The van der Waals surface area contributed by atoms with Crippen molar-refractivity contribution in [3.05, 3.63) is 12.2 Å². The molecule has 168 valence electrons. The fourth-order valence-electron chi connectivity index (χ4n) is 6.40. The minimum absolute atomic E-state index is 0.175. The summed E-state index contributed by atoms with van der Waals surface area (Å²) in [5.41, 5.74) is 1.82. The Morgan fingerprint density at radius 2 is 1.59 bits per heavy atom. The van der Waals surface area contributed by atoms with E-state index in [1.807, 2.05) is 0 Å². The van der Waals surface area contributed by atoms with Crippen molar-refractivity contribution in [3.8, 4) is 0 Å². The number of carbonyl (C=O) groups is 1. The largest absolute Gasteiger partial charge is 0.416 e. The molecule has 0 heterocycles. The summed E-state index contributed by atoms with van der Waals surface area (Å²) in [5, 5.41) is 10.9. The van der Waals surface area contributed by atoms with E-state index in [0.717, 1.165) is 32.3 Å². The maximum atomic E-state index is 12.5. The van der Waals surface area contributed by atoms with Crippen LogP contribution in [0.25, 0.3) is 0 Å². The average Bonchev–Trinajstić information content (AvgIpc) is 3.04. The minimum Gasteiger partial charge on any atom is -0.416 e. The average molecular weight is 423 g/mol. The van der Waals surface area contributed by atoms with E-state index in [2.05, 4.69) is 53.7 Å². The van der Waals surface area contributed by atoms with Gasteiger partial charge in [-0.1, -0.05) is 73.0 Å². The van der Waals surface area contributed by atoms with Crippen LogP contribution < -0.4 is 0 Å². The molecule has 3 atom stereocenters. The van der Waals surface area contributed by atoms with E-state index in [-0.39, 0.29) is 17.6 Å². The van der Waals surface area contributed by atoms with Crippen LogP contribution in [-0.2, 0) is 9.22 Å². The minimum atomic E-state index is -1.80. The molecule has 2 saturated carbocycles. The molecular weight excluding hydrogens is 376 g/mol. The van der Waals surface area contributed by atoms with Crippen LogP contribution in [0.4, 0.5) is 0 Å². The summed E-state index contributed by atoms with van der Waals surface area (Å²) >= 11 is 0. The van der Waals surface area contributed by atoms with Gasteiger partial charge in [0, 0.05) is 13.0 Å². The molecule has 2 fully saturated rings. The Labute approximate surface area is 180 Å². The molecule has 1 N–H and O–H groups in total. The van der Waals surface area contributed by atoms with Gasteiger partial charge >= 0.3 is 0 Å². The predicted molar refractivity (Wildman–Crippen MR) is 125 cm³/mol. The maximum absolute atomic E-state index is 12.5. The number of Topliss-reactive ketones (excluding diaryl/α,β-unsaturated/α-hetero) is 1. The van der Waals surface area contributed by atoms with Gasteiger partial charge in [0.1, 0.15) is 5.78 Å². The number of hydrogen-bond acceptors (Lipinski definition) is 3. The number of allylic oxidation sites excluding steroid dienone is 1. The number of rotatable bonds is 10. The Morgan fingerprint density at radius 3 is 2.14 bits per heavy atom. The first-order valence-electron chi connectivity index (χ1n) is 12.2. The number of carbonyl (C=O) groups excluding carboxylic acids is 1. The standard InChI is InChI=1S/C25H46O3Si/c1-18(2)29(19(3)4,20(5)6)28-17-11-10-12-21-15-16-23(26)24(21)25(27)22-13-8-7-9-14-22/h10,12,18-22,24-25,27H,7-9,11,13-17H2,1-6H3/b12-10+. The van der Waals surface area contributed by atoms with E-state index in [4.69, 9.17) is 4.43 Å². The van der Waals surface area contributed by atoms with Crippen molar-refractivity contribution < 1.29 is 14.3 Å². The smallest absolute Gasteiger partial charge is 0.200 e. The normalized spacial score (nSPS) is 25.8. The SMILES string of the molecule is CC(C)[Si](OCC/C=C/C1CCC(=O)C1C(O)C1CCCCC1)(C(C)C)C(C)C. The molecule has 2 aliphatic rings. The lowest BCUT2D eigenvalue weighted by Crippen LogP contribution is -2.47. The molecule has 0 amide bonds. The maximum Gasteiger partial charge on any atom is 0.200 e. The first-order chi connectivity index (χ1) is 13.7. The summed E-state index contributed by atoms with van der Waals surface area (Å²) in [7, 11) is -1.80. The zero-order chi connectivity index (χ0) is 21.6. The lowest BCUT2D eigenvalue weighted by atomic mass is 9.77. The topological polar surface area (TPSA) is 46.5 Å². The summed E-state index contributed by atoms with van der Waals surface area (Å²) < 4.78 is 6.64. The van der Waals surface area contributed by atoms with Crippen LogP contribution in [-0.4, -0.2) is 31.9 Å². The van der Waals surface area contributed by atoms with Gasteiger partial charge in [0.15, 0.2) is 8.32 Å². The van der Waals surface area contributed by atoms with E-state index in [1.165, 1.54) is 19.3 Å². The molecule has 0 bridgehead atoms. The molecule has 4 heteroatoms. The van der Waals surface area contributed by atoms with Crippen molar-refractivity contribution in [1.29, 1.82) is 0 Å². The summed E-state index contributed by atoms with van der Waals surface area (Å²) in [5.74, 6) is 0.636. The van der Waals surface area contributed by atoms with Crippen LogP contribution >= 0.6 is 0 Å². The Balaban J connectivity index is 1.92. The molecule has 0 aromatic carbocycles. The summed E-state index contributed by atoms with van der Waals surface area (Å²) in [6.07, 6.45) is 12.3. The number of aliphatic hydroxyl groups is 1. The molecule has 0 aromatic rings. The molecule has 0 aromatic heterocycles. The fourth-order valence-corrected chi connectivity index (χ4v) is 11.9. The van der Waals surface area contributed by atoms with Gasteiger partial charge in [0.05, 0.1) is 12.0 Å². The first kappa shape index (κ1) is 24.8. The van der Waals surface area contributed by atoms with Gasteiger partial charge in [-0.2, -0.15) is 0 Å². The highest BCUT2D eigenvalue weighted by Gasteiger charge is 2.45. The molecule has 0 saturated heterocycles. The van der Waals surface area contributed by atoms with E-state index in [1.54, 1.807) is 0 Å². The van der Waals surface area contributed by atoms with Gasteiger partial charge < -0.3 is 9.53 Å². The van der Waals surface area contributed by atoms with Crippen LogP contribution in [0, 0.1) is 17.8 Å². The van der Waals surface area contributed by atoms with E-state index in [9.17, 15) is 9.90 Å². The Morgan fingerprint density at radius 1 is 1.00 bits per heavy atom.